The minimum atomic E-state index is -3.04. The molecule has 1 unspecified atom stereocenters. The van der Waals surface area contributed by atoms with Crippen molar-refractivity contribution in [1.29, 1.82) is 0 Å². The van der Waals surface area contributed by atoms with E-state index >= 15 is 0 Å². The zero-order valence-electron chi connectivity index (χ0n) is 14.2. The molecule has 1 aromatic carbocycles. The predicted octanol–water partition coefficient (Wildman–Crippen LogP) is 3.36. The van der Waals surface area contributed by atoms with E-state index < -0.39 is 12.5 Å². The van der Waals surface area contributed by atoms with Gasteiger partial charge in [-0.1, -0.05) is 25.3 Å². The molecule has 25 heavy (non-hydrogen) atoms. The number of rotatable bonds is 7. The summed E-state index contributed by atoms with van der Waals surface area (Å²) in [6.45, 7) is -2.73. The summed E-state index contributed by atoms with van der Waals surface area (Å²) in [7, 11) is 1.33. The number of carbonyl (C=O) groups excluding carboxylic acids is 1. The number of benzene rings is 1. The van der Waals surface area contributed by atoms with Crippen LogP contribution >= 0.6 is 12.4 Å². The molecule has 142 valence electrons. The number of hydrogen-bond acceptors (Lipinski definition) is 4. The lowest BCUT2D eigenvalue weighted by Gasteiger charge is -2.30. The molecule has 1 atom stereocenters. The highest BCUT2D eigenvalue weighted by Gasteiger charge is 2.27. The highest BCUT2D eigenvalue weighted by Crippen LogP contribution is 2.33. The maximum Gasteiger partial charge on any atom is 0.387 e. The molecule has 1 aromatic rings. The van der Waals surface area contributed by atoms with Gasteiger partial charge in [-0.25, -0.2) is 0 Å². The first kappa shape index (κ1) is 21.4. The summed E-state index contributed by atoms with van der Waals surface area (Å²) in [4.78, 5) is 12.6. The van der Waals surface area contributed by atoms with Gasteiger partial charge in [-0.2, -0.15) is 8.78 Å². The average molecular weight is 379 g/mol. The molecule has 1 aliphatic carbocycles. The molecule has 1 amide bonds. The van der Waals surface area contributed by atoms with E-state index in [2.05, 4.69) is 10.1 Å². The summed E-state index contributed by atoms with van der Waals surface area (Å²) in [6, 6.07) is 4.29. The molecule has 2 rings (SSSR count). The normalized spacial score (nSPS) is 16.0. The Labute approximate surface area is 152 Å². The fraction of sp³-hybridized carbons (Fsp3) is 0.588. The summed E-state index contributed by atoms with van der Waals surface area (Å²) in [6.07, 6.45) is 5.47. The summed E-state index contributed by atoms with van der Waals surface area (Å²) in [5.41, 5.74) is 5.83. The second kappa shape index (κ2) is 10.4. The van der Waals surface area contributed by atoms with Crippen LogP contribution in [0.2, 0.25) is 0 Å². The van der Waals surface area contributed by atoms with Gasteiger partial charge in [-0.3, -0.25) is 4.79 Å². The number of methoxy groups -OCH3 is 1. The molecule has 3 N–H and O–H groups in total. The van der Waals surface area contributed by atoms with E-state index in [0.29, 0.717) is 12.5 Å². The highest BCUT2D eigenvalue weighted by atomic mass is 35.5. The second-order valence-corrected chi connectivity index (χ2v) is 5.93. The molecule has 5 nitrogen and oxygen atoms in total. The van der Waals surface area contributed by atoms with Gasteiger partial charge in [0.1, 0.15) is 0 Å². The summed E-state index contributed by atoms with van der Waals surface area (Å²) < 4.78 is 34.9. The van der Waals surface area contributed by atoms with Crippen LogP contribution < -0.4 is 20.5 Å². The van der Waals surface area contributed by atoms with Gasteiger partial charge >= 0.3 is 6.61 Å². The van der Waals surface area contributed by atoms with Crippen LogP contribution in [0.5, 0.6) is 11.5 Å². The molecule has 0 heterocycles. The fourth-order valence-electron chi connectivity index (χ4n) is 3.22. The lowest BCUT2D eigenvalue weighted by Crippen LogP contribution is -2.46. The van der Waals surface area contributed by atoms with Crippen molar-refractivity contribution in [3.63, 3.8) is 0 Å². The molecule has 0 radical (unpaired) electrons. The zero-order valence-corrected chi connectivity index (χ0v) is 15.0. The Hall–Kier alpha value is -1.60. The number of halogens is 3. The SMILES string of the molecule is COc1cccc(C(=O)NC(CN)C2CCCCC2)c1OC(F)F.Cl. The van der Waals surface area contributed by atoms with E-state index in [1.165, 1.54) is 25.7 Å². The van der Waals surface area contributed by atoms with Crippen LogP contribution in [-0.2, 0) is 0 Å². The zero-order chi connectivity index (χ0) is 17.5. The average Bonchev–Trinajstić information content (AvgIpc) is 2.59. The number of carbonyl (C=O) groups is 1. The maximum atomic E-state index is 12.7. The minimum absolute atomic E-state index is 0. The van der Waals surface area contributed by atoms with Crippen molar-refractivity contribution in [2.75, 3.05) is 13.7 Å². The Bertz CT molecular complexity index is 555. The largest absolute Gasteiger partial charge is 0.493 e. The van der Waals surface area contributed by atoms with Crippen LogP contribution in [0.1, 0.15) is 42.5 Å². The Morgan fingerprint density at radius 3 is 2.56 bits per heavy atom. The van der Waals surface area contributed by atoms with E-state index in [0.717, 1.165) is 25.7 Å². The summed E-state index contributed by atoms with van der Waals surface area (Å²) in [5, 5.41) is 2.87. The van der Waals surface area contributed by atoms with Crippen molar-refractivity contribution in [2.45, 2.75) is 44.8 Å². The van der Waals surface area contributed by atoms with Gasteiger partial charge in [0.15, 0.2) is 11.5 Å². The van der Waals surface area contributed by atoms with Crippen molar-refractivity contribution in [2.24, 2.45) is 11.7 Å². The topological polar surface area (TPSA) is 73.6 Å². The van der Waals surface area contributed by atoms with Gasteiger partial charge in [0.25, 0.3) is 5.91 Å². The standard InChI is InChI=1S/C17H24F2N2O3.ClH/c1-23-14-9-5-8-12(15(14)24-17(18)19)16(22)21-13(10-20)11-6-3-2-4-7-11;/h5,8-9,11,13,17H,2-4,6-7,10,20H2,1H3,(H,21,22);1H. The van der Waals surface area contributed by atoms with Crippen LogP contribution in [0.4, 0.5) is 8.78 Å². The Balaban J connectivity index is 0.00000312. The third-order valence-electron chi connectivity index (χ3n) is 4.44. The number of nitrogens with one attached hydrogen (secondary N) is 1. The molecule has 0 aromatic heterocycles. The molecular weight excluding hydrogens is 354 g/mol. The lowest BCUT2D eigenvalue weighted by atomic mass is 9.84. The molecule has 0 bridgehead atoms. The minimum Gasteiger partial charge on any atom is -0.493 e. The van der Waals surface area contributed by atoms with Crippen molar-refractivity contribution < 1.29 is 23.0 Å². The van der Waals surface area contributed by atoms with Gasteiger partial charge in [0, 0.05) is 12.6 Å². The van der Waals surface area contributed by atoms with Crippen LogP contribution in [0.15, 0.2) is 18.2 Å². The van der Waals surface area contributed by atoms with Crippen LogP contribution in [0.3, 0.4) is 0 Å². The Kier molecular flexibility index (Phi) is 8.92. The van der Waals surface area contributed by atoms with E-state index in [-0.39, 0.29) is 35.5 Å². The molecular formula is C17H25ClF2N2O3. The van der Waals surface area contributed by atoms with Gasteiger partial charge in [0.05, 0.1) is 12.7 Å². The van der Waals surface area contributed by atoms with Crippen molar-refractivity contribution >= 4 is 18.3 Å². The number of nitrogens with two attached hydrogens (primary N) is 1. The van der Waals surface area contributed by atoms with Crippen molar-refractivity contribution in [3.8, 4) is 11.5 Å². The van der Waals surface area contributed by atoms with Crippen molar-refractivity contribution in [3.05, 3.63) is 23.8 Å². The molecule has 1 saturated carbocycles. The van der Waals surface area contributed by atoms with E-state index in [4.69, 9.17) is 10.5 Å². The molecule has 0 spiro atoms. The molecule has 0 aliphatic heterocycles. The van der Waals surface area contributed by atoms with Gasteiger partial charge < -0.3 is 20.5 Å². The third kappa shape index (κ3) is 5.71. The fourth-order valence-corrected chi connectivity index (χ4v) is 3.22. The molecule has 8 heteroatoms. The first-order chi connectivity index (χ1) is 11.6. The van der Waals surface area contributed by atoms with Crippen LogP contribution in [-0.4, -0.2) is 32.2 Å². The van der Waals surface area contributed by atoms with Gasteiger partial charge in [0.2, 0.25) is 0 Å². The van der Waals surface area contributed by atoms with Crippen LogP contribution in [0, 0.1) is 5.92 Å². The molecule has 0 saturated heterocycles. The van der Waals surface area contributed by atoms with Crippen LogP contribution in [0.25, 0.3) is 0 Å². The summed E-state index contributed by atoms with van der Waals surface area (Å²) >= 11 is 0. The van der Waals surface area contributed by atoms with E-state index in [1.54, 1.807) is 6.07 Å². The number of para-hydroxylation sites is 1. The molecule has 1 fully saturated rings. The maximum absolute atomic E-state index is 12.7. The van der Waals surface area contributed by atoms with E-state index in [9.17, 15) is 13.6 Å². The Morgan fingerprint density at radius 2 is 2.00 bits per heavy atom. The van der Waals surface area contributed by atoms with Gasteiger partial charge in [-0.05, 0) is 30.9 Å². The molecule has 1 aliphatic rings. The van der Waals surface area contributed by atoms with Crippen molar-refractivity contribution in [1.82, 2.24) is 5.32 Å². The lowest BCUT2D eigenvalue weighted by molar-refractivity contribution is -0.0515. The smallest absolute Gasteiger partial charge is 0.387 e. The summed E-state index contributed by atoms with van der Waals surface area (Å²) in [5.74, 6) is -0.333. The third-order valence-corrected chi connectivity index (χ3v) is 4.44. The number of amides is 1. The van der Waals surface area contributed by atoms with E-state index in [1.807, 2.05) is 0 Å². The number of hydrogen-bond donors (Lipinski definition) is 2. The number of alkyl halides is 2. The quantitative estimate of drug-likeness (QED) is 0.763. The first-order valence-electron chi connectivity index (χ1n) is 8.19. The van der Waals surface area contributed by atoms with Gasteiger partial charge in [-0.15, -0.1) is 12.4 Å². The second-order valence-electron chi connectivity index (χ2n) is 5.93. The predicted molar refractivity (Wildman–Crippen MR) is 93.8 cm³/mol. The number of ether oxygens (including phenoxy) is 2. The highest BCUT2D eigenvalue weighted by molar-refractivity contribution is 5.98. The monoisotopic (exact) mass is 378 g/mol. The first-order valence-corrected chi connectivity index (χ1v) is 8.19. The Morgan fingerprint density at radius 1 is 1.32 bits per heavy atom.